The van der Waals surface area contributed by atoms with Crippen molar-refractivity contribution in [1.82, 2.24) is 9.80 Å². The van der Waals surface area contributed by atoms with Crippen LogP contribution in [0.25, 0.3) is 0 Å². The van der Waals surface area contributed by atoms with Crippen LogP contribution in [-0.4, -0.2) is 55.7 Å². The maximum Gasteiger partial charge on any atom is 0.338 e. The Morgan fingerprint density at radius 3 is 2.40 bits per heavy atom. The molecule has 4 nitrogen and oxygen atoms in total. The standard InChI is InChI=1S/C26H42N2O2/c1-3-4-5-6-7-8-22-9-11-23(12-10-22)24-13-15-25(16-14-24)26(29)30-20-19-28-18-17-27(2)21-28/h13-16,22-23H,3-12,17-21H2,1-2H3. The molecule has 0 N–H and O–H groups in total. The minimum absolute atomic E-state index is 0.194. The van der Waals surface area contributed by atoms with Gasteiger partial charge in [-0.15, -0.1) is 0 Å². The molecule has 2 aliphatic rings. The summed E-state index contributed by atoms with van der Waals surface area (Å²) in [6, 6.07) is 8.23. The summed E-state index contributed by atoms with van der Waals surface area (Å²) in [4.78, 5) is 16.9. The lowest BCUT2D eigenvalue weighted by Gasteiger charge is -2.29. The first-order chi connectivity index (χ1) is 14.7. The van der Waals surface area contributed by atoms with E-state index in [0.717, 1.165) is 32.2 Å². The predicted octanol–water partition coefficient (Wildman–Crippen LogP) is 5.68. The summed E-state index contributed by atoms with van der Waals surface area (Å²) < 4.78 is 5.49. The smallest absolute Gasteiger partial charge is 0.338 e. The molecule has 2 fully saturated rings. The fraction of sp³-hybridized carbons (Fsp3) is 0.731. The summed E-state index contributed by atoms with van der Waals surface area (Å²) in [5, 5.41) is 0. The number of carbonyl (C=O) groups is 1. The summed E-state index contributed by atoms with van der Waals surface area (Å²) in [5.74, 6) is 1.41. The molecule has 0 aromatic heterocycles. The van der Waals surface area contributed by atoms with E-state index in [-0.39, 0.29) is 5.97 Å². The highest BCUT2D eigenvalue weighted by atomic mass is 16.5. The second-order valence-corrected chi connectivity index (χ2v) is 9.52. The Kier molecular flexibility index (Phi) is 9.67. The zero-order valence-corrected chi connectivity index (χ0v) is 19.3. The van der Waals surface area contributed by atoms with Crippen molar-refractivity contribution in [3.8, 4) is 0 Å². The van der Waals surface area contributed by atoms with Crippen LogP contribution in [0.5, 0.6) is 0 Å². The topological polar surface area (TPSA) is 32.8 Å². The van der Waals surface area contributed by atoms with Crippen LogP contribution in [0.1, 0.15) is 93.0 Å². The Hall–Kier alpha value is -1.39. The van der Waals surface area contributed by atoms with Crippen molar-refractivity contribution in [1.29, 1.82) is 0 Å². The molecule has 0 atom stereocenters. The van der Waals surface area contributed by atoms with Crippen molar-refractivity contribution in [2.75, 3.05) is 40.0 Å². The number of hydrogen-bond donors (Lipinski definition) is 0. The minimum atomic E-state index is -0.194. The van der Waals surface area contributed by atoms with Crippen LogP contribution < -0.4 is 0 Å². The number of benzene rings is 1. The number of ether oxygens (including phenoxy) is 1. The monoisotopic (exact) mass is 414 g/mol. The van der Waals surface area contributed by atoms with E-state index in [2.05, 4.69) is 35.9 Å². The summed E-state index contributed by atoms with van der Waals surface area (Å²) in [7, 11) is 2.12. The molecule has 1 aliphatic heterocycles. The molecule has 3 rings (SSSR count). The van der Waals surface area contributed by atoms with Crippen LogP contribution in [-0.2, 0) is 4.74 Å². The molecule has 0 amide bonds. The molecule has 168 valence electrons. The Labute approximate surface area is 184 Å². The van der Waals surface area contributed by atoms with Gasteiger partial charge in [-0.3, -0.25) is 9.80 Å². The van der Waals surface area contributed by atoms with E-state index in [1.54, 1.807) is 0 Å². The number of carbonyl (C=O) groups excluding carboxylic acids is 1. The van der Waals surface area contributed by atoms with Gasteiger partial charge in [0.15, 0.2) is 0 Å². The van der Waals surface area contributed by atoms with E-state index in [1.807, 2.05) is 12.1 Å². The average molecular weight is 415 g/mol. The Balaban J connectivity index is 1.34. The van der Waals surface area contributed by atoms with Crippen molar-refractivity contribution in [2.45, 2.75) is 77.0 Å². The molecule has 0 unspecified atom stereocenters. The zero-order chi connectivity index (χ0) is 21.2. The fourth-order valence-corrected chi connectivity index (χ4v) is 5.04. The van der Waals surface area contributed by atoms with Crippen molar-refractivity contribution in [3.05, 3.63) is 35.4 Å². The zero-order valence-electron chi connectivity index (χ0n) is 19.3. The van der Waals surface area contributed by atoms with Crippen molar-refractivity contribution < 1.29 is 9.53 Å². The number of hydrogen-bond acceptors (Lipinski definition) is 4. The lowest BCUT2D eigenvalue weighted by atomic mass is 9.77. The molecule has 1 aliphatic carbocycles. The molecule has 1 saturated carbocycles. The third-order valence-corrected chi connectivity index (χ3v) is 7.06. The molecule has 0 spiro atoms. The summed E-state index contributed by atoms with van der Waals surface area (Å²) in [6.45, 7) is 6.69. The van der Waals surface area contributed by atoms with E-state index < -0.39 is 0 Å². The van der Waals surface area contributed by atoms with Gasteiger partial charge in [-0.25, -0.2) is 4.79 Å². The summed E-state index contributed by atoms with van der Waals surface area (Å²) >= 11 is 0. The van der Waals surface area contributed by atoms with Crippen molar-refractivity contribution in [3.63, 3.8) is 0 Å². The first-order valence-electron chi connectivity index (χ1n) is 12.3. The van der Waals surface area contributed by atoms with E-state index in [9.17, 15) is 4.79 Å². The van der Waals surface area contributed by atoms with Crippen LogP contribution in [0.3, 0.4) is 0 Å². The van der Waals surface area contributed by atoms with Crippen LogP contribution in [0, 0.1) is 5.92 Å². The first-order valence-corrected chi connectivity index (χ1v) is 12.3. The highest BCUT2D eigenvalue weighted by Crippen LogP contribution is 2.37. The average Bonchev–Trinajstić information content (AvgIpc) is 3.19. The number of rotatable bonds is 11. The molecule has 4 heteroatoms. The molecule has 1 heterocycles. The van der Waals surface area contributed by atoms with E-state index in [4.69, 9.17) is 4.74 Å². The van der Waals surface area contributed by atoms with Gasteiger partial charge in [-0.1, -0.05) is 57.6 Å². The number of likely N-dealkylation sites (N-methyl/N-ethyl adjacent to an activating group) is 1. The Morgan fingerprint density at radius 1 is 1.00 bits per heavy atom. The van der Waals surface area contributed by atoms with Crippen LogP contribution in [0.2, 0.25) is 0 Å². The fourth-order valence-electron chi connectivity index (χ4n) is 5.04. The molecule has 0 radical (unpaired) electrons. The van der Waals surface area contributed by atoms with Gasteiger partial charge in [0.25, 0.3) is 0 Å². The normalized spacial score (nSPS) is 23.0. The van der Waals surface area contributed by atoms with E-state index >= 15 is 0 Å². The van der Waals surface area contributed by atoms with Crippen LogP contribution in [0.15, 0.2) is 24.3 Å². The lowest BCUT2D eigenvalue weighted by Crippen LogP contribution is -2.27. The van der Waals surface area contributed by atoms with Gasteiger partial charge in [-0.2, -0.15) is 0 Å². The second-order valence-electron chi connectivity index (χ2n) is 9.52. The molecule has 30 heavy (non-hydrogen) atoms. The maximum absolute atomic E-state index is 12.3. The maximum atomic E-state index is 12.3. The third kappa shape index (κ3) is 7.39. The largest absolute Gasteiger partial charge is 0.461 e. The predicted molar refractivity (Wildman–Crippen MR) is 124 cm³/mol. The number of esters is 1. The van der Waals surface area contributed by atoms with Gasteiger partial charge in [-0.05, 0) is 62.3 Å². The van der Waals surface area contributed by atoms with Crippen molar-refractivity contribution >= 4 is 5.97 Å². The van der Waals surface area contributed by atoms with Gasteiger partial charge in [0.2, 0.25) is 0 Å². The molecule has 1 aromatic rings. The van der Waals surface area contributed by atoms with Gasteiger partial charge >= 0.3 is 5.97 Å². The lowest BCUT2D eigenvalue weighted by molar-refractivity contribution is 0.0467. The summed E-state index contributed by atoms with van der Waals surface area (Å²) in [5.41, 5.74) is 2.08. The van der Waals surface area contributed by atoms with Crippen LogP contribution >= 0.6 is 0 Å². The summed E-state index contributed by atoms with van der Waals surface area (Å²) in [6.07, 6.45) is 13.7. The van der Waals surface area contributed by atoms with Gasteiger partial charge in [0.1, 0.15) is 6.61 Å². The highest BCUT2D eigenvalue weighted by molar-refractivity contribution is 5.89. The van der Waals surface area contributed by atoms with Gasteiger partial charge in [0.05, 0.1) is 12.2 Å². The SMILES string of the molecule is CCCCCCCC1CCC(c2ccc(C(=O)OCCN3CCN(C)C3)cc2)CC1. The van der Waals surface area contributed by atoms with Crippen LogP contribution in [0.4, 0.5) is 0 Å². The van der Waals surface area contributed by atoms with E-state index in [0.29, 0.717) is 18.1 Å². The third-order valence-electron chi connectivity index (χ3n) is 7.06. The first kappa shape index (κ1) is 23.3. The van der Waals surface area contributed by atoms with Gasteiger partial charge in [0, 0.05) is 19.6 Å². The Bertz CT molecular complexity index is 622. The minimum Gasteiger partial charge on any atom is -0.461 e. The second kappa shape index (κ2) is 12.5. The molecule has 1 saturated heterocycles. The molecular weight excluding hydrogens is 372 g/mol. The number of unbranched alkanes of at least 4 members (excludes halogenated alkanes) is 4. The molecular formula is C26H42N2O2. The highest BCUT2D eigenvalue weighted by Gasteiger charge is 2.22. The van der Waals surface area contributed by atoms with Gasteiger partial charge < -0.3 is 4.74 Å². The molecule has 0 bridgehead atoms. The number of nitrogens with zero attached hydrogens (tertiary/aromatic N) is 2. The quantitative estimate of drug-likeness (QED) is 0.344. The Morgan fingerprint density at radius 2 is 1.73 bits per heavy atom. The van der Waals surface area contributed by atoms with E-state index in [1.165, 1.54) is 69.8 Å². The molecule has 1 aromatic carbocycles. The van der Waals surface area contributed by atoms with Crippen molar-refractivity contribution in [2.24, 2.45) is 5.92 Å².